The van der Waals surface area contributed by atoms with Crippen LogP contribution in [0.4, 0.5) is 0 Å². The van der Waals surface area contributed by atoms with Gasteiger partial charge in [-0.25, -0.2) is 0 Å². The van der Waals surface area contributed by atoms with Gasteiger partial charge in [-0.1, -0.05) is 59.7 Å². The molecule has 1 aliphatic rings. The fourth-order valence-corrected chi connectivity index (χ4v) is 2.87. The number of hydrogen-bond donors (Lipinski definition) is 1. The number of nitrogens with zero attached hydrogens (tertiary/aromatic N) is 2. The molecule has 2 aromatic rings. The topological polar surface area (TPSA) is 53.8 Å². The lowest BCUT2D eigenvalue weighted by Gasteiger charge is -1.95. The number of amidine groups is 1. The van der Waals surface area contributed by atoms with E-state index in [1.165, 1.54) is 22.9 Å². The van der Waals surface area contributed by atoms with Crippen molar-refractivity contribution in [1.29, 1.82) is 0 Å². The molecule has 1 fully saturated rings. The third-order valence-corrected chi connectivity index (χ3v) is 4.36. The van der Waals surface area contributed by atoms with E-state index in [2.05, 4.69) is 15.5 Å². The van der Waals surface area contributed by atoms with Crippen LogP contribution in [0, 0.1) is 13.8 Å². The summed E-state index contributed by atoms with van der Waals surface area (Å²) < 4.78 is 0. The number of rotatable bonds is 3. The third-order valence-electron chi connectivity index (χ3n) is 3.46. The van der Waals surface area contributed by atoms with Gasteiger partial charge in [0.25, 0.3) is 5.91 Å². The highest BCUT2D eigenvalue weighted by molar-refractivity contribution is 8.18. The molecule has 0 radical (unpaired) electrons. The smallest absolute Gasteiger partial charge is 0.264 e. The van der Waals surface area contributed by atoms with Gasteiger partial charge in [0.05, 0.1) is 11.1 Å². The van der Waals surface area contributed by atoms with Crippen molar-refractivity contribution < 1.29 is 4.79 Å². The zero-order valence-electron chi connectivity index (χ0n) is 13.5. The van der Waals surface area contributed by atoms with E-state index >= 15 is 0 Å². The lowest BCUT2D eigenvalue weighted by Crippen LogP contribution is -2.19. The van der Waals surface area contributed by atoms with E-state index in [1.807, 2.05) is 68.5 Å². The highest BCUT2D eigenvalue weighted by atomic mass is 32.2. The second-order valence-corrected chi connectivity index (χ2v) is 6.57. The normalized spacial score (nSPS) is 17.8. The van der Waals surface area contributed by atoms with Crippen LogP contribution in [0.1, 0.15) is 22.3 Å². The Balaban J connectivity index is 1.69. The van der Waals surface area contributed by atoms with Gasteiger partial charge >= 0.3 is 0 Å². The summed E-state index contributed by atoms with van der Waals surface area (Å²) in [5.74, 6) is -0.148. The van der Waals surface area contributed by atoms with E-state index in [0.29, 0.717) is 10.1 Å². The standard InChI is InChI=1S/C19H17N3OS/c1-13-3-7-15(8-4-13)11-17-18(23)21-19(24-17)22-20-12-16-9-5-14(2)6-10-16/h3-12H,1-2H3,(H,21,22,23)/b17-11-,20-12-. The van der Waals surface area contributed by atoms with Crippen LogP contribution in [0.3, 0.4) is 0 Å². The van der Waals surface area contributed by atoms with Gasteiger partial charge in [0, 0.05) is 0 Å². The minimum absolute atomic E-state index is 0.148. The Bertz CT molecular complexity index is 834. The Kier molecular flexibility index (Phi) is 4.91. The molecule has 1 heterocycles. The molecule has 1 N–H and O–H groups in total. The minimum atomic E-state index is -0.148. The van der Waals surface area contributed by atoms with E-state index < -0.39 is 0 Å². The van der Waals surface area contributed by atoms with Crippen molar-refractivity contribution in [3.63, 3.8) is 0 Å². The first-order valence-corrected chi connectivity index (χ1v) is 8.37. The molecule has 4 nitrogen and oxygen atoms in total. The summed E-state index contributed by atoms with van der Waals surface area (Å²) in [4.78, 5) is 12.6. The van der Waals surface area contributed by atoms with Crippen LogP contribution < -0.4 is 5.32 Å². The summed E-state index contributed by atoms with van der Waals surface area (Å²) in [6.45, 7) is 4.07. The lowest BCUT2D eigenvalue weighted by atomic mass is 10.1. The van der Waals surface area contributed by atoms with Crippen LogP contribution in [-0.4, -0.2) is 17.3 Å². The number of hydrogen-bond acceptors (Lipinski definition) is 4. The number of benzene rings is 2. The number of carbonyl (C=O) groups excluding carboxylic acids is 1. The summed E-state index contributed by atoms with van der Waals surface area (Å²) in [5.41, 5.74) is 4.34. The molecular formula is C19H17N3OS. The van der Waals surface area contributed by atoms with Crippen LogP contribution in [0.25, 0.3) is 6.08 Å². The van der Waals surface area contributed by atoms with Gasteiger partial charge in [-0.3, -0.25) is 10.1 Å². The minimum Gasteiger partial charge on any atom is -0.299 e. The van der Waals surface area contributed by atoms with Crippen LogP contribution in [-0.2, 0) is 4.79 Å². The largest absolute Gasteiger partial charge is 0.299 e. The Morgan fingerprint density at radius 1 is 0.917 bits per heavy atom. The van der Waals surface area contributed by atoms with E-state index in [0.717, 1.165) is 11.1 Å². The summed E-state index contributed by atoms with van der Waals surface area (Å²) in [6, 6.07) is 16.0. The summed E-state index contributed by atoms with van der Waals surface area (Å²) >= 11 is 1.29. The third kappa shape index (κ3) is 4.20. The lowest BCUT2D eigenvalue weighted by molar-refractivity contribution is -0.115. The molecule has 0 spiro atoms. The van der Waals surface area contributed by atoms with Gasteiger partial charge in [-0.2, -0.15) is 5.10 Å². The number of aryl methyl sites for hydroxylation is 2. The number of amides is 1. The van der Waals surface area contributed by atoms with E-state index in [4.69, 9.17) is 0 Å². The Hall–Kier alpha value is -2.66. The van der Waals surface area contributed by atoms with Crippen molar-refractivity contribution in [2.24, 2.45) is 10.2 Å². The molecule has 0 unspecified atom stereocenters. The number of thioether (sulfide) groups is 1. The molecule has 120 valence electrons. The molecule has 0 aromatic heterocycles. The Morgan fingerprint density at radius 2 is 1.50 bits per heavy atom. The van der Waals surface area contributed by atoms with Gasteiger partial charge in [-0.15, -0.1) is 5.10 Å². The fourth-order valence-electron chi connectivity index (χ4n) is 2.09. The molecular weight excluding hydrogens is 318 g/mol. The molecule has 0 aliphatic carbocycles. The van der Waals surface area contributed by atoms with Gasteiger partial charge in [0.1, 0.15) is 0 Å². The Morgan fingerprint density at radius 3 is 2.12 bits per heavy atom. The maximum atomic E-state index is 12.0. The summed E-state index contributed by atoms with van der Waals surface area (Å²) in [5, 5.41) is 11.3. The average molecular weight is 335 g/mol. The van der Waals surface area contributed by atoms with Crippen molar-refractivity contribution in [2.45, 2.75) is 13.8 Å². The van der Waals surface area contributed by atoms with Gasteiger partial charge in [0.15, 0.2) is 5.17 Å². The van der Waals surface area contributed by atoms with Crippen LogP contribution in [0.2, 0.25) is 0 Å². The van der Waals surface area contributed by atoms with Crippen molar-refractivity contribution in [1.82, 2.24) is 5.32 Å². The van der Waals surface area contributed by atoms with E-state index in [1.54, 1.807) is 6.21 Å². The quantitative estimate of drug-likeness (QED) is 0.525. The molecule has 0 atom stereocenters. The molecule has 1 amide bonds. The van der Waals surface area contributed by atoms with E-state index in [-0.39, 0.29) is 5.91 Å². The molecule has 24 heavy (non-hydrogen) atoms. The number of nitrogens with one attached hydrogen (secondary N) is 1. The molecule has 0 bridgehead atoms. The predicted octanol–water partition coefficient (Wildman–Crippen LogP) is 3.90. The molecule has 0 saturated carbocycles. The van der Waals surface area contributed by atoms with Crippen LogP contribution >= 0.6 is 11.8 Å². The highest BCUT2D eigenvalue weighted by Crippen LogP contribution is 2.26. The van der Waals surface area contributed by atoms with Crippen molar-refractivity contribution >= 4 is 35.1 Å². The van der Waals surface area contributed by atoms with Crippen molar-refractivity contribution in [2.75, 3.05) is 0 Å². The second-order valence-electron chi connectivity index (χ2n) is 5.54. The van der Waals surface area contributed by atoms with E-state index in [9.17, 15) is 4.79 Å². The molecule has 5 heteroatoms. The fraction of sp³-hybridized carbons (Fsp3) is 0.105. The summed E-state index contributed by atoms with van der Waals surface area (Å²) in [6.07, 6.45) is 3.52. The molecule has 2 aromatic carbocycles. The molecule has 3 rings (SSSR count). The first-order chi connectivity index (χ1) is 11.6. The first-order valence-electron chi connectivity index (χ1n) is 7.55. The average Bonchev–Trinajstić information content (AvgIpc) is 2.91. The van der Waals surface area contributed by atoms with Crippen LogP contribution in [0.5, 0.6) is 0 Å². The molecule has 1 saturated heterocycles. The van der Waals surface area contributed by atoms with Gasteiger partial charge < -0.3 is 0 Å². The maximum absolute atomic E-state index is 12.0. The number of carbonyl (C=O) groups is 1. The predicted molar refractivity (Wildman–Crippen MR) is 101 cm³/mol. The first kappa shape index (κ1) is 16.2. The maximum Gasteiger partial charge on any atom is 0.264 e. The van der Waals surface area contributed by atoms with Gasteiger partial charge in [-0.05, 0) is 42.8 Å². The van der Waals surface area contributed by atoms with Crippen LogP contribution in [0.15, 0.2) is 63.6 Å². The van der Waals surface area contributed by atoms with Crippen molar-refractivity contribution in [3.05, 3.63) is 75.7 Å². The van der Waals surface area contributed by atoms with Crippen molar-refractivity contribution in [3.8, 4) is 0 Å². The highest BCUT2D eigenvalue weighted by Gasteiger charge is 2.23. The van der Waals surface area contributed by atoms with Gasteiger partial charge in [0.2, 0.25) is 0 Å². The Labute approximate surface area is 145 Å². The second kappa shape index (κ2) is 7.27. The SMILES string of the molecule is Cc1ccc(/C=N\N=C2\NC(=O)/C(=C/c3ccc(C)cc3)S2)cc1. The summed E-state index contributed by atoms with van der Waals surface area (Å²) in [7, 11) is 0. The zero-order valence-corrected chi connectivity index (χ0v) is 14.3. The molecule has 1 aliphatic heterocycles. The zero-order chi connectivity index (χ0) is 16.9. The monoisotopic (exact) mass is 335 g/mol.